The van der Waals surface area contributed by atoms with Gasteiger partial charge in [-0.3, -0.25) is 0 Å². The van der Waals surface area contributed by atoms with Gasteiger partial charge in [-0.05, 0) is 18.8 Å². The number of rotatable bonds is 3. The van der Waals surface area contributed by atoms with Crippen LogP contribution in [0, 0.1) is 5.92 Å². The summed E-state index contributed by atoms with van der Waals surface area (Å²) in [6.07, 6.45) is 7.42. The van der Waals surface area contributed by atoms with Crippen molar-refractivity contribution in [1.82, 2.24) is 9.97 Å². The number of nitrogen functional groups attached to an aromatic ring is 1. The lowest BCUT2D eigenvalue weighted by molar-refractivity contribution is 0.0601. The minimum Gasteiger partial charge on any atom is -0.465 e. The van der Waals surface area contributed by atoms with Crippen molar-refractivity contribution >= 4 is 11.8 Å². The van der Waals surface area contributed by atoms with Crippen LogP contribution >= 0.6 is 0 Å². The van der Waals surface area contributed by atoms with E-state index in [-0.39, 0.29) is 11.4 Å². The third-order valence-electron chi connectivity index (χ3n) is 3.97. The number of esters is 1. The molecule has 0 bridgehead atoms. The summed E-state index contributed by atoms with van der Waals surface area (Å²) in [4.78, 5) is 20.0. The van der Waals surface area contributed by atoms with Gasteiger partial charge in [0.2, 0.25) is 0 Å². The van der Waals surface area contributed by atoms with Gasteiger partial charge in [0.25, 0.3) is 0 Å². The van der Waals surface area contributed by atoms with E-state index in [0.717, 1.165) is 24.6 Å². The summed E-state index contributed by atoms with van der Waals surface area (Å²) in [5, 5.41) is 0. The highest BCUT2D eigenvalue weighted by molar-refractivity contribution is 5.93. The van der Waals surface area contributed by atoms with Crippen molar-refractivity contribution in [3.05, 3.63) is 17.6 Å². The molecule has 0 saturated heterocycles. The predicted molar refractivity (Wildman–Crippen MR) is 72.8 cm³/mol. The van der Waals surface area contributed by atoms with Crippen LogP contribution in [-0.4, -0.2) is 23.0 Å². The maximum absolute atomic E-state index is 11.4. The van der Waals surface area contributed by atoms with E-state index in [2.05, 4.69) is 21.6 Å². The number of hydrogen-bond acceptors (Lipinski definition) is 5. The van der Waals surface area contributed by atoms with E-state index in [1.807, 2.05) is 0 Å². The fourth-order valence-electron chi connectivity index (χ4n) is 2.77. The molecule has 0 aromatic carbocycles. The van der Waals surface area contributed by atoms with Crippen LogP contribution in [0.3, 0.4) is 0 Å². The third-order valence-corrected chi connectivity index (χ3v) is 3.97. The summed E-state index contributed by atoms with van der Waals surface area (Å²) in [6.45, 7) is 2.22. The molecule has 2 rings (SSSR count). The average molecular weight is 263 g/mol. The normalized spacial score (nSPS) is 23.1. The lowest BCUT2D eigenvalue weighted by Gasteiger charge is -2.27. The molecule has 1 aliphatic carbocycles. The Morgan fingerprint density at radius 1 is 1.53 bits per heavy atom. The first-order valence-electron chi connectivity index (χ1n) is 6.86. The minimum absolute atomic E-state index is 0.218. The Bertz CT molecular complexity index is 462. The molecule has 1 heterocycles. The van der Waals surface area contributed by atoms with Gasteiger partial charge in [0.1, 0.15) is 17.2 Å². The molecule has 0 spiro atoms. The lowest BCUT2D eigenvalue weighted by Crippen LogP contribution is -2.17. The number of aromatic nitrogens is 2. The van der Waals surface area contributed by atoms with E-state index in [0.29, 0.717) is 5.92 Å². The van der Waals surface area contributed by atoms with Gasteiger partial charge in [-0.1, -0.05) is 26.2 Å². The molecule has 1 aliphatic rings. The Labute approximate surface area is 113 Å². The molecule has 0 radical (unpaired) electrons. The van der Waals surface area contributed by atoms with Gasteiger partial charge in [-0.25, -0.2) is 14.8 Å². The second kappa shape index (κ2) is 5.99. The standard InChI is InChI=1S/C14H21N3O2/c1-3-9-5-4-6-10(7-9)13-16-8-11(12(15)17-13)14(18)19-2/h8-10H,3-7H2,1-2H3,(H2,15,16,17). The van der Waals surface area contributed by atoms with Crippen LogP contribution in [0.2, 0.25) is 0 Å². The molecule has 1 fully saturated rings. The van der Waals surface area contributed by atoms with Crippen LogP contribution in [0.1, 0.15) is 61.1 Å². The molecular formula is C14H21N3O2. The highest BCUT2D eigenvalue weighted by Crippen LogP contribution is 2.36. The van der Waals surface area contributed by atoms with Gasteiger partial charge in [-0.15, -0.1) is 0 Å². The van der Waals surface area contributed by atoms with Crippen molar-refractivity contribution in [2.75, 3.05) is 12.8 Å². The molecule has 5 nitrogen and oxygen atoms in total. The van der Waals surface area contributed by atoms with E-state index < -0.39 is 5.97 Å². The zero-order valence-electron chi connectivity index (χ0n) is 11.6. The molecule has 1 aromatic rings. The van der Waals surface area contributed by atoms with Crippen LogP contribution in [-0.2, 0) is 4.74 Å². The largest absolute Gasteiger partial charge is 0.465 e. The van der Waals surface area contributed by atoms with Gasteiger partial charge < -0.3 is 10.5 Å². The fourth-order valence-corrected chi connectivity index (χ4v) is 2.77. The number of nitrogens with zero attached hydrogens (tertiary/aromatic N) is 2. The van der Waals surface area contributed by atoms with Crippen LogP contribution < -0.4 is 5.73 Å². The molecule has 5 heteroatoms. The molecule has 0 aliphatic heterocycles. The Kier molecular flexibility index (Phi) is 4.35. The first-order valence-corrected chi connectivity index (χ1v) is 6.86. The highest BCUT2D eigenvalue weighted by atomic mass is 16.5. The maximum Gasteiger partial charge on any atom is 0.343 e. The maximum atomic E-state index is 11.4. The molecule has 2 atom stereocenters. The summed E-state index contributed by atoms with van der Waals surface area (Å²) >= 11 is 0. The lowest BCUT2D eigenvalue weighted by atomic mass is 9.80. The Hall–Kier alpha value is -1.65. The van der Waals surface area contributed by atoms with Crippen LogP contribution in [0.5, 0.6) is 0 Å². The molecule has 19 heavy (non-hydrogen) atoms. The highest BCUT2D eigenvalue weighted by Gasteiger charge is 2.25. The summed E-state index contributed by atoms with van der Waals surface area (Å²) in [5.74, 6) is 1.62. The number of methoxy groups -OCH3 is 1. The number of nitrogens with two attached hydrogens (primary N) is 1. The van der Waals surface area contributed by atoms with E-state index in [9.17, 15) is 4.79 Å². The first-order chi connectivity index (χ1) is 9.15. The summed E-state index contributed by atoms with van der Waals surface area (Å²) < 4.78 is 4.64. The van der Waals surface area contributed by atoms with Crippen molar-refractivity contribution in [1.29, 1.82) is 0 Å². The Morgan fingerprint density at radius 3 is 2.95 bits per heavy atom. The topological polar surface area (TPSA) is 78.1 Å². The Balaban J connectivity index is 2.17. The first kappa shape index (κ1) is 13.8. The van der Waals surface area contributed by atoms with Gasteiger partial charge in [0.05, 0.1) is 7.11 Å². The Morgan fingerprint density at radius 2 is 2.32 bits per heavy atom. The summed E-state index contributed by atoms with van der Waals surface area (Å²) in [5.41, 5.74) is 6.06. The number of anilines is 1. The quantitative estimate of drug-likeness (QED) is 0.848. The number of hydrogen-bond donors (Lipinski definition) is 1. The van der Waals surface area contributed by atoms with Gasteiger partial charge in [0, 0.05) is 12.1 Å². The molecule has 0 amide bonds. The molecule has 1 saturated carbocycles. The van der Waals surface area contributed by atoms with Gasteiger partial charge in [-0.2, -0.15) is 0 Å². The van der Waals surface area contributed by atoms with Crippen LogP contribution in [0.15, 0.2) is 6.20 Å². The molecular weight excluding hydrogens is 242 g/mol. The van der Waals surface area contributed by atoms with E-state index >= 15 is 0 Å². The number of carbonyl (C=O) groups is 1. The summed E-state index contributed by atoms with van der Waals surface area (Å²) in [6, 6.07) is 0. The van der Waals surface area contributed by atoms with Crippen molar-refractivity contribution < 1.29 is 9.53 Å². The second-order valence-electron chi connectivity index (χ2n) is 5.16. The smallest absolute Gasteiger partial charge is 0.343 e. The van der Waals surface area contributed by atoms with Crippen molar-refractivity contribution in [2.45, 2.75) is 44.9 Å². The van der Waals surface area contributed by atoms with E-state index in [1.165, 1.54) is 32.6 Å². The number of ether oxygens (including phenoxy) is 1. The summed E-state index contributed by atoms with van der Waals surface area (Å²) in [7, 11) is 1.32. The van der Waals surface area contributed by atoms with E-state index in [4.69, 9.17) is 5.73 Å². The van der Waals surface area contributed by atoms with Crippen molar-refractivity contribution in [2.24, 2.45) is 5.92 Å². The van der Waals surface area contributed by atoms with E-state index in [1.54, 1.807) is 0 Å². The molecule has 1 aromatic heterocycles. The monoisotopic (exact) mass is 263 g/mol. The SMILES string of the molecule is CCC1CCCC(c2ncc(C(=O)OC)c(N)n2)C1. The minimum atomic E-state index is -0.487. The predicted octanol–water partition coefficient (Wildman–Crippen LogP) is 2.53. The zero-order chi connectivity index (χ0) is 13.8. The van der Waals surface area contributed by atoms with Gasteiger partial charge in [0.15, 0.2) is 0 Å². The zero-order valence-corrected chi connectivity index (χ0v) is 11.6. The second-order valence-corrected chi connectivity index (χ2v) is 5.16. The third kappa shape index (κ3) is 3.03. The van der Waals surface area contributed by atoms with Crippen LogP contribution in [0.4, 0.5) is 5.82 Å². The fraction of sp³-hybridized carbons (Fsp3) is 0.643. The van der Waals surface area contributed by atoms with Gasteiger partial charge >= 0.3 is 5.97 Å². The molecule has 2 N–H and O–H groups in total. The number of carbonyl (C=O) groups excluding carboxylic acids is 1. The van der Waals surface area contributed by atoms with Crippen LogP contribution in [0.25, 0.3) is 0 Å². The molecule has 2 unspecified atom stereocenters. The molecule has 104 valence electrons. The van der Waals surface area contributed by atoms with Crippen molar-refractivity contribution in [3.63, 3.8) is 0 Å². The average Bonchev–Trinajstić information content (AvgIpc) is 2.46. The van der Waals surface area contributed by atoms with Crippen molar-refractivity contribution in [3.8, 4) is 0 Å².